The van der Waals surface area contributed by atoms with E-state index in [2.05, 4.69) is 53.6 Å². The number of amides is 2. The number of aliphatic imine (C=N–C) groups is 1. The number of halogens is 1. The first-order valence-corrected chi connectivity index (χ1v) is 13.0. The van der Waals surface area contributed by atoms with Crippen LogP contribution in [-0.4, -0.2) is 33.0 Å². The van der Waals surface area contributed by atoms with Gasteiger partial charge < -0.3 is 5.32 Å². The largest absolute Gasteiger partial charge is 0.326 e. The molecule has 2 heterocycles. The lowest BCUT2D eigenvalue weighted by Gasteiger charge is -2.23. The summed E-state index contributed by atoms with van der Waals surface area (Å²) in [6.07, 6.45) is 0.709. The molecule has 3 aromatic carbocycles. The molecule has 0 bridgehead atoms. The molecule has 0 fully saturated rings. The molecule has 3 aromatic rings. The molecule has 0 radical (unpaired) electrons. The summed E-state index contributed by atoms with van der Waals surface area (Å²) in [5.41, 5.74) is 5.80. The smallest absolute Gasteiger partial charge is 0.262 e. The molecule has 0 unspecified atom stereocenters. The van der Waals surface area contributed by atoms with Gasteiger partial charge in [-0.15, -0.1) is 0 Å². The summed E-state index contributed by atoms with van der Waals surface area (Å²) >= 11 is 7.46. The van der Waals surface area contributed by atoms with Gasteiger partial charge in [-0.3, -0.25) is 9.59 Å². The number of carbonyl (C=O) groups excluding carboxylic acids is 2. The van der Waals surface area contributed by atoms with E-state index >= 15 is 0 Å². The van der Waals surface area contributed by atoms with Crippen LogP contribution in [0.3, 0.4) is 0 Å². The highest BCUT2D eigenvalue weighted by atomic mass is 35.5. The maximum absolute atomic E-state index is 12.8. The summed E-state index contributed by atoms with van der Waals surface area (Å²) < 4.78 is 0. The van der Waals surface area contributed by atoms with Gasteiger partial charge in [-0.05, 0) is 42.7 Å². The van der Waals surface area contributed by atoms with Crippen molar-refractivity contribution in [3.8, 4) is 0 Å². The number of anilines is 1. The molecule has 2 amide bonds. The van der Waals surface area contributed by atoms with Crippen molar-refractivity contribution in [2.24, 2.45) is 10.1 Å². The lowest BCUT2D eigenvalue weighted by molar-refractivity contribution is -0.121. The number of nitrogens with one attached hydrogen (secondary N) is 1. The van der Waals surface area contributed by atoms with Crippen LogP contribution >= 0.6 is 23.4 Å². The molecule has 36 heavy (non-hydrogen) atoms. The fourth-order valence-electron chi connectivity index (χ4n) is 4.20. The predicted molar refractivity (Wildman–Crippen MR) is 147 cm³/mol. The Kier molecular flexibility index (Phi) is 6.94. The fourth-order valence-corrected chi connectivity index (χ4v) is 5.44. The zero-order valence-corrected chi connectivity index (χ0v) is 21.5. The molecular formula is C28H25ClN4O2S. The minimum atomic E-state index is -0.601. The van der Waals surface area contributed by atoms with Crippen molar-refractivity contribution in [2.75, 3.05) is 5.32 Å². The molecule has 2 atom stereocenters. The van der Waals surface area contributed by atoms with Crippen LogP contribution in [0.5, 0.6) is 0 Å². The summed E-state index contributed by atoms with van der Waals surface area (Å²) in [5, 5.41) is 10.1. The van der Waals surface area contributed by atoms with Crippen molar-refractivity contribution in [2.45, 2.75) is 38.0 Å². The minimum absolute atomic E-state index is 0.0143. The van der Waals surface area contributed by atoms with Crippen LogP contribution in [0.2, 0.25) is 5.02 Å². The van der Waals surface area contributed by atoms with Crippen molar-refractivity contribution in [1.29, 1.82) is 0 Å². The number of benzene rings is 3. The molecule has 0 saturated heterocycles. The van der Waals surface area contributed by atoms with Gasteiger partial charge in [0.05, 0.1) is 11.8 Å². The molecule has 5 rings (SSSR count). The monoisotopic (exact) mass is 516 g/mol. The standard InChI is InChI=1S/C28H25ClN4O2S/c1-17-8-11-19(12-9-17)23-15-24(20-6-4-3-5-7-20)33(32-23)28-31-27(35)25(36-28)16-26(34)30-21-13-10-18(2)22(29)14-21/h3-14,24-25H,15-16H2,1-2H3,(H,30,34)/t24-,25-/m0/s1. The zero-order valence-electron chi connectivity index (χ0n) is 19.9. The molecule has 182 valence electrons. The van der Waals surface area contributed by atoms with E-state index < -0.39 is 5.25 Å². The number of rotatable bonds is 5. The van der Waals surface area contributed by atoms with Crippen molar-refractivity contribution in [1.82, 2.24) is 5.01 Å². The van der Waals surface area contributed by atoms with Crippen LogP contribution in [0.25, 0.3) is 0 Å². The number of carbonyl (C=O) groups is 2. The van der Waals surface area contributed by atoms with E-state index in [0.717, 1.165) is 22.4 Å². The number of hydrogen-bond acceptors (Lipinski definition) is 5. The van der Waals surface area contributed by atoms with Gasteiger partial charge in [-0.1, -0.05) is 89.6 Å². The number of hydrogen-bond donors (Lipinski definition) is 1. The average molecular weight is 517 g/mol. The summed E-state index contributed by atoms with van der Waals surface area (Å²) in [6.45, 7) is 3.95. The van der Waals surface area contributed by atoms with Gasteiger partial charge >= 0.3 is 0 Å². The lowest BCUT2D eigenvalue weighted by atomic mass is 9.98. The van der Waals surface area contributed by atoms with Crippen LogP contribution in [0.4, 0.5) is 5.69 Å². The number of hydrazone groups is 1. The Bertz CT molecular complexity index is 1370. The Morgan fingerprint density at radius 1 is 1.08 bits per heavy atom. The van der Waals surface area contributed by atoms with E-state index in [1.165, 1.54) is 17.3 Å². The summed E-state index contributed by atoms with van der Waals surface area (Å²) in [4.78, 5) is 29.8. The predicted octanol–water partition coefficient (Wildman–Crippen LogP) is 6.13. The highest BCUT2D eigenvalue weighted by Crippen LogP contribution is 2.38. The highest BCUT2D eigenvalue weighted by molar-refractivity contribution is 8.15. The summed E-state index contributed by atoms with van der Waals surface area (Å²) in [5.74, 6) is -0.583. The van der Waals surface area contributed by atoms with E-state index in [1.807, 2.05) is 36.2 Å². The molecule has 0 saturated carbocycles. The second-order valence-electron chi connectivity index (χ2n) is 8.94. The van der Waals surface area contributed by atoms with E-state index in [9.17, 15) is 9.59 Å². The molecule has 0 spiro atoms. The van der Waals surface area contributed by atoms with Crippen LogP contribution in [-0.2, 0) is 9.59 Å². The van der Waals surface area contributed by atoms with Crippen LogP contribution < -0.4 is 5.32 Å². The highest BCUT2D eigenvalue weighted by Gasteiger charge is 2.39. The fraction of sp³-hybridized carbons (Fsp3) is 0.214. The number of nitrogens with zero attached hydrogens (tertiary/aromatic N) is 3. The maximum Gasteiger partial charge on any atom is 0.262 e. The van der Waals surface area contributed by atoms with E-state index in [0.29, 0.717) is 22.3 Å². The molecule has 6 nitrogen and oxygen atoms in total. The zero-order chi connectivity index (χ0) is 25.2. The Balaban J connectivity index is 1.33. The number of thioether (sulfide) groups is 1. The molecule has 1 N–H and O–H groups in total. The average Bonchev–Trinajstić information content (AvgIpc) is 3.46. The van der Waals surface area contributed by atoms with Crippen molar-refractivity contribution >= 4 is 51.7 Å². The van der Waals surface area contributed by atoms with Gasteiger partial charge in [-0.2, -0.15) is 10.1 Å². The Morgan fingerprint density at radius 3 is 2.56 bits per heavy atom. The first-order chi connectivity index (χ1) is 17.4. The second-order valence-corrected chi connectivity index (χ2v) is 10.5. The van der Waals surface area contributed by atoms with Crippen molar-refractivity contribution in [3.05, 3.63) is 100 Å². The SMILES string of the molecule is Cc1ccc(C2=NN(C3=NC(=O)[C@H](CC(=O)Nc4ccc(C)c(Cl)c4)S3)[C@H](c3ccccc3)C2)cc1. The Hall–Kier alpha value is -3.42. The third kappa shape index (κ3) is 5.22. The Morgan fingerprint density at radius 2 is 1.83 bits per heavy atom. The first-order valence-electron chi connectivity index (χ1n) is 11.7. The summed E-state index contributed by atoms with van der Waals surface area (Å²) in [7, 11) is 0. The summed E-state index contributed by atoms with van der Waals surface area (Å²) in [6, 6.07) is 23.6. The third-order valence-electron chi connectivity index (χ3n) is 6.23. The lowest BCUT2D eigenvalue weighted by Crippen LogP contribution is -2.25. The third-order valence-corrected chi connectivity index (χ3v) is 7.78. The second kappa shape index (κ2) is 10.3. The molecular weight excluding hydrogens is 492 g/mol. The molecule has 2 aliphatic heterocycles. The molecule has 2 aliphatic rings. The van der Waals surface area contributed by atoms with Gasteiger partial charge in [0.25, 0.3) is 5.91 Å². The molecule has 8 heteroatoms. The topological polar surface area (TPSA) is 74.1 Å². The molecule has 0 aliphatic carbocycles. The van der Waals surface area contributed by atoms with Crippen molar-refractivity contribution in [3.63, 3.8) is 0 Å². The number of amidine groups is 1. The van der Waals surface area contributed by atoms with E-state index in [1.54, 1.807) is 12.1 Å². The van der Waals surface area contributed by atoms with Gasteiger partial charge in [0.1, 0.15) is 5.25 Å². The van der Waals surface area contributed by atoms with Gasteiger partial charge in [0.2, 0.25) is 5.91 Å². The van der Waals surface area contributed by atoms with E-state index in [-0.39, 0.29) is 24.3 Å². The maximum atomic E-state index is 12.8. The van der Waals surface area contributed by atoms with E-state index in [4.69, 9.17) is 16.7 Å². The van der Waals surface area contributed by atoms with Crippen LogP contribution in [0.1, 0.15) is 41.1 Å². The van der Waals surface area contributed by atoms with Gasteiger partial charge in [0, 0.05) is 23.6 Å². The van der Waals surface area contributed by atoms with Gasteiger partial charge in [-0.25, -0.2) is 5.01 Å². The molecule has 0 aromatic heterocycles. The number of aryl methyl sites for hydroxylation is 2. The quantitative estimate of drug-likeness (QED) is 0.442. The van der Waals surface area contributed by atoms with Crippen LogP contribution in [0, 0.1) is 13.8 Å². The van der Waals surface area contributed by atoms with Crippen molar-refractivity contribution < 1.29 is 9.59 Å². The first kappa shape index (κ1) is 24.3. The normalized spacial score (nSPS) is 19.3. The Labute approximate surface area is 219 Å². The van der Waals surface area contributed by atoms with Gasteiger partial charge in [0.15, 0.2) is 5.17 Å². The minimum Gasteiger partial charge on any atom is -0.326 e. The van der Waals surface area contributed by atoms with Crippen LogP contribution in [0.15, 0.2) is 82.9 Å².